The number of aryl methyl sites for hydroxylation is 1. The summed E-state index contributed by atoms with van der Waals surface area (Å²) in [7, 11) is 4.58. The summed E-state index contributed by atoms with van der Waals surface area (Å²) in [5.41, 5.74) is 1.39. The molecule has 8 nitrogen and oxygen atoms in total. The first-order valence-electron chi connectivity index (χ1n) is 12.4. The Balaban J connectivity index is 1.65. The maximum atomic E-state index is 13.3. The van der Waals surface area contributed by atoms with E-state index >= 15 is 0 Å². The van der Waals surface area contributed by atoms with Crippen LogP contribution in [0.1, 0.15) is 64.5 Å². The number of thiophene rings is 1. The first-order chi connectivity index (χ1) is 17.2. The predicted octanol–water partition coefficient (Wildman–Crippen LogP) is 4.48. The minimum absolute atomic E-state index is 0.0213. The van der Waals surface area contributed by atoms with Crippen molar-refractivity contribution in [3.63, 3.8) is 0 Å². The third-order valence-electron chi connectivity index (χ3n) is 7.81. The van der Waals surface area contributed by atoms with Gasteiger partial charge in [-0.3, -0.25) is 9.69 Å². The highest BCUT2D eigenvalue weighted by Crippen LogP contribution is 2.51. The fourth-order valence-corrected chi connectivity index (χ4v) is 6.87. The first kappa shape index (κ1) is 26.4. The van der Waals surface area contributed by atoms with Gasteiger partial charge in [0.15, 0.2) is 0 Å². The minimum atomic E-state index is -0.763. The number of ether oxygens (including phenoxy) is 3. The van der Waals surface area contributed by atoms with Gasteiger partial charge in [0.05, 0.1) is 39.0 Å². The number of amides is 1. The zero-order chi connectivity index (χ0) is 26.0. The standard InChI is InChI=1S/C27H36N2O6S/c1-16-17(2)36-25(23(16)26(31)35-5)28-22(30)15-29-13-12-27(32)11-7-6-8-20(27)24(29)19-10-9-18(33-3)14-21(19)34-4/h9-10,14,20,24,32H,6-8,11-13,15H2,1-5H3,(H,28,30)/t20-,24-,27+/m0/s1. The number of nitrogens with zero attached hydrogens (tertiary/aromatic N) is 1. The van der Waals surface area contributed by atoms with Crippen LogP contribution in [0.2, 0.25) is 0 Å². The third-order valence-corrected chi connectivity index (χ3v) is 8.93. The van der Waals surface area contributed by atoms with Crippen molar-refractivity contribution in [2.24, 2.45) is 5.92 Å². The molecule has 0 bridgehead atoms. The number of carbonyl (C=O) groups is 2. The van der Waals surface area contributed by atoms with E-state index in [-0.39, 0.29) is 24.4 Å². The molecule has 2 aromatic rings. The van der Waals surface area contributed by atoms with Gasteiger partial charge in [0.2, 0.25) is 5.91 Å². The second kappa shape index (κ2) is 10.8. The van der Waals surface area contributed by atoms with Gasteiger partial charge in [0, 0.05) is 35.0 Å². The lowest BCUT2D eigenvalue weighted by atomic mass is 9.66. The van der Waals surface area contributed by atoms with Crippen LogP contribution in [0.3, 0.4) is 0 Å². The zero-order valence-corrected chi connectivity index (χ0v) is 22.5. The largest absolute Gasteiger partial charge is 0.497 e. The van der Waals surface area contributed by atoms with Crippen LogP contribution >= 0.6 is 11.3 Å². The van der Waals surface area contributed by atoms with Gasteiger partial charge in [-0.25, -0.2) is 4.79 Å². The number of esters is 1. The number of nitrogens with one attached hydrogen (secondary N) is 1. The summed E-state index contributed by atoms with van der Waals surface area (Å²) in [6, 6.07) is 5.54. The molecule has 3 atom stereocenters. The van der Waals surface area contributed by atoms with E-state index in [0.717, 1.165) is 41.7 Å². The van der Waals surface area contributed by atoms with Crippen molar-refractivity contribution in [1.29, 1.82) is 0 Å². The maximum Gasteiger partial charge on any atom is 0.341 e. The Hall–Kier alpha value is -2.62. The summed E-state index contributed by atoms with van der Waals surface area (Å²) in [5, 5.41) is 15.1. The summed E-state index contributed by atoms with van der Waals surface area (Å²) in [4.78, 5) is 28.8. The molecule has 2 heterocycles. The van der Waals surface area contributed by atoms with E-state index in [1.54, 1.807) is 14.2 Å². The number of likely N-dealkylation sites (tertiary alicyclic amines) is 1. The number of benzene rings is 1. The van der Waals surface area contributed by atoms with Gasteiger partial charge in [0.25, 0.3) is 0 Å². The normalized spacial score (nSPS) is 24.1. The molecule has 0 unspecified atom stereocenters. The van der Waals surface area contributed by atoms with Crippen LogP contribution in [-0.2, 0) is 9.53 Å². The second-order valence-corrected chi connectivity index (χ2v) is 11.0. The van der Waals surface area contributed by atoms with Gasteiger partial charge in [-0.1, -0.05) is 18.9 Å². The molecule has 1 aromatic carbocycles. The number of aliphatic hydroxyl groups is 1. The minimum Gasteiger partial charge on any atom is -0.497 e. The van der Waals surface area contributed by atoms with E-state index < -0.39 is 11.6 Å². The van der Waals surface area contributed by atoms with Crippen LogP contribution < -0.4 is 14.8 Å². The number of methoxy groups -OCH3 is 3. The van der Waals surface area contributed by atoms with Crippen molar-refractivity contribution in [2.75, 3.05) is 39.7 Å². The fourth-order valence-electron chi connectivity index (χ4n) is 5.81. The van der Waals surface area contributed by atoms with Crippen LogP contribution in [0, 0.1) is 19.8 Å². The number of carbonyl (C=O) groups excluding carboxylic acids is 2. The van der Waals surface area contributed by atoms with Crippen LogP contribution in [0.15, 0.2) is 18.2 Å². The lowest BCUT2D eigenvalue weighted by Gasteiger charge is -2.52. The predicted molar refractivity (Wildman–Crippen MR) is 139 cm³/mol. The van der Waals surface area contributed by atoms with Crippen LogP contribution in [0.25, 0.3) is 0 Å². The smallest absolute Gasteiger partial charge is 0.341 e. The Morgan fingerprint density at radius 2 is 1.94 bits per heavy atom. The van der Waals surface area contributed by atoms with Crippen molar-refractivity contribution >= 4 is 28.2 Å². The summed E-state index contributed by atoms with van der Waals surface area (Å²) < 4.78 is 16.1. The van der Waals surface area contributed by atoms with E-state index in [2.05, 4.69) is 10.2 Å². The Bertz CT molecular complexity index is 1130. The highest BCUT2D eigenvalue weighted by atomic mass is 32.1. The molecule has 1 aliphatic heterocycles. The van der Waals surface area contributed by atoms with Gasteiger partial charge >= 0.3 is 5.97 Å². The van der Waals surface area contributed by atoms with Gasteiger partial charge < -0.3 is 24.6 Å². The maximum absolute atomic E-state index is 13.3. The van der Waals surface area contributed by atoms with E-state index in [9.17, 15) is 14.7 Å². The zero-order valence-electron chi connectivity index (χ0n) is 21.7. The van der Waals surface area contributed by atoms with Crippen LogP contribution in [-0.4, -0.2) is 61.9 Å². The molecule has 1 aromatic heterocycles. The molecule has 2 N–H and O–H groups in total. The molecule has 36 heavy (non-hydrogen) atoms. The van der Waals surface area contributed by atoms with E-state index in [4.69, 9.17) is 14.2 Å². The number of hydrogen-bond donors (Lipinski definition) is 2. The van der Waals surface area contributed by atoms with Gasteiger partial charge in [-0.2, -0.15) is 0 Å². The molecule has 1 aliphatic carbocycles. The second-order valence-electron chi connectivity index (χ2n) is 9.76. The van der Waals surface area contributed by atoms with Crippen molar-refractivity contribution in [3.05, 3.63) is 39.8 Å². The Morgan fingerprint density at radius 3 is 2.64 bits per heavy atom. The van der Waals surface area contributed by atoms with Gasteiger partial charge in [-0.05, 0) is 44.7 Å². The number of rotatable bonds is 7. The van der Waals surface area contributed by atoms with E-state index in [0.29, 0.717) is 35.0 Å². The van der Waals surface area contributed by atoms with Crippen LogP contribution in [0.5, 0.6) is 11.5 Å². The monoisotopic (exact) mass is 516 g/mol. The highest BCUT2D eigenvalue weighted by Gasteiger charge is 2.50. The van der Waals surface area contributed by atoms with Crippen molar-refractivity contribution in [2.45, 2.75) is 57.6 Å². The third kappa shape index (κ3) is 4.96. The molecular formula is C27H36N2O6S. The molecule has 2 aliphatic rings. The molecule has 0 radical (unpaired) electrons. The van der Waals surface area contributed by atoms with Crippen LogP contribution in [0.4, 0.5) is 5.00 Å². The van der Waals surface area contributed by atoms with E-state index in [1.165, 1.54) is 18.4 Å². The van der Waals surface area contributed by atoms with Crippen molar-refractivity contribution < 1.29 is 28.9 Å². The Labute approximate surface area is 216 Å². The molecule has 1 saturated heterocycles. The molecule has 1 saturated carbocycles. The summed E-state index contributed by atoms with van der Waals surface area (Å²) in [6.07, 6.45) is 4.31. The lowest BCUT2D eigenvalue weighted by Crippen LogP contribution is -2.56. The highest BCUT2D eigenvalue weighted by molar-refractivity contribution is 7.16. The molecule has 9 heteroatoms. The topological polar surface area (TPSA) is 97.3 Å². The molecule has 0 spiro atoms. The fraction of sp³-hybridized carbons (Fsp3) is 0.556. The Kier molecular flexibility index (Phi) is 7.92. The van der Waals surface area contributed by atoms with Gasteiger partial charge in [0.1, 0.15) is 16.5 Å². The molecule has 1 amide bonds. The number of anilines is 1. The number of fused-ring (bicyclic) bond motifs is 1. The molecular weight excluding hydrogens is 480 g/mol. The first-order valence-corrected chi connectivity index (χ1v) is 13.2. The molecule has 4 rings (SSSR count). The van der Waals surface area contributed by atoms with Crippen molar-refractivity contribution in [1.82, 2.24) is 4.90 Å². The van der Waals surface area contributed by atoms with E-state index in [1.807, 2.05) is 32.0 Å². The number of hydrogen-bond acceptors (Lipinski definition) is 8. The summed E-state index contributed by atoms with van der Waals surface area (Å²) >= 11 is 1.37. The SMILES string of the molecule is COC(=O)c1c(NC(=O)CN2CC[C@]3(O)CCCC[C@H]3[C@@H]2c2ccc(OC)cc2OC)sc(C)c1C. The Morgan fingerprint density at radius 1 is 1.17 bits per heavy atom. The average Bonchev–Trinajstić information content (AvgIpc) is 3.15. The molecule has 2 fully saturated rings. The lowest BCUT2D eigenvalue weighted by molar-refractivity contribution is -0.135. The van der Waals surface area contributed by atoms with Gasteiger partial charge in [-0.15, -0.1) is 11.3 Å². The summed E-state index contributed by atoms with van der Waals surface area (Å²) in [6.45, 7) is 4.48. The summed E-state index contributed by atoms with van der Waals surface area (Å²) in [5.74, 6) is 0.677. The quantitative estimate of drug-likeness (QED) is 0.524. The average molecular weight is 517 g/mol. The number of piperidine rings is 1. The molecule has 196 valence electrons. The van der Waals surface area contributed by atoms with Crippen molar-refractivity contribution in [3.8, 4) is 11.5 Å².